The van der Waals surface area contributed by atoms with Crippen molar-refractivity contribution in [2.75, 3.05) is 6.54 Å². The molecule has 1 aliphatic rings. The van der Waals surface area contributed by atoms with E-state index in [1.807, 2.05) is 36.5 Å². The van der Waals surface area contributed by atoms with Gasteiger partial charge in [0.2, 0.25) is 5.91 Å². The SMILES string of the molecule is NC(=O)C1CN([C@@H](c2ccc(Cl)cc2)c2ccn3nccc3c2)C(=O)N1. The van der Waals surface area contributed by atoms with Crippen molar-refractivity contribution in [3.8, 4) is 0 Å². The Morgan fingerprint density at radius 1 is 1.23 bits per heavy atom. The van der Waals surface area contributed by atoms with Gasteiger partial charge in [-0.2, -0.15) is 5.10 Å². The van der Waals surface area contributed by atoms with Crippen LogP contribution in [0.5, 0.6) is 0 Å². The van der Waals surface area contributed by atoms with Gasteiger partial charge in [0.05, 0.1) is 18.1 Å². The first-order chi connectivity index (χ1) is 12.5. The molecular weight excluding hydrogens is 354 g/mol. The lowest BCUT2D eigenvalue weighted by molar-refractivity contribution is -0.119. The quantitative estimate of drug-likeness (QED) is 0.736. The third-order valence-electron chi connectivity index (χ3n) is 4.52. The van der Waals surface area contributed by atoms with Crippen molar-refractivity contribution in [3.63, 3.8) is 0 Å². The minimum atomic E-state index is -0.712. The monoisotopic (exact) mass is 369 g/mol. The fourth-order valence-corrected chi connectivity index (χ4v) is 3.37. The number of urea groups is 1. The lowest BCUT2D eigenvalue weighted by Crippen LogP contribution is -2.39. The van der Waals surface area contributed by atoms with Crippen LogP contribution in [-0.4, -0.2) is 39.0 Å². The number of primary amides is 1. The van der Waals surface area contributed by atoms with E-state index in [1.165, 1.54) is 0 Å². The molecule has 0 aliphatic carbocycles. The average molecular weight is 370 g/mol. The van der Waals surface area contributed by atoms with Gasteiger partial charge in [-0.1, -0.05) is 23.7 Å². The number of rotatable bonds is 4. The highest BCUT2D eigenvalue weighted by Crippen LogP contribution is 2.32. The first kappa shape index (κ1) is 16.4. The molecule has 1 saturated heterocycles. The number of amides is 3. The number of nitrogens with one attached hydrogen (secondary N) is 1. The van der Waals surface area contributed by atoms with Gasteiger partial charge in [-0.3, -0.25) is 4.79 Å². The molecular formula is C18H16ClN5O2. The van der Waals surface area contributed by atoms with E-state index in [1.54, 1.807) is 27.7 Å². The summed E-state index contributed by atoms with van der Waals surface area (Å²) in [5.41, 5.74) is 8.07. The number of carbonyl (C=O) groups is 2. The van der Waals surface area contributed by atoms with Crippen molar-refractivity contribution in [1.29, 1.82) is 0 Å². The van der Waals surface area contributed by atoms with Gasteiger partial charge in [-0.05, 0) is 41.5 Å². The molecule has 1 unspecified atom stereocenters. The second-order valence-electron chi connectivity index (χ2n) is 6.17. The topological polar surface area (TPSA) is 92.7 Å². The van der Waals surface area contributed by atoms with Gasteiger partial charge in [-0.15, -0.1) is 0 Å². The summed E-state index contributed by atoms with van der Waals surface area (Å²) < 4.78 is 1.75. The molecule has 132 valence electrons. The fourth-order valence-electron chi connectivity index (χ4n) is 3.25. The molecule has 7 nitrogen and oxygen atoms in total. The predicted molar refractivity (Wildman–Crippen MR) is 96.7 cm³/mol. The van der Waals surface area contributed by atoms with Gasteiger partial charge in [0, 0.05) is 17.4 Å². The number of nitrogens with two attached hydrogens (primary N) is 1. The van der Waals surface area contributed by atoms with Crippen LogP contribution >= 0.6 is 11.6 Å². The van der Waals surface area contributed by atoms with Crippen LogP contribution in [0.1, 0.15) is 17.2 Å². The molecule has 3 heterocycles. The molecule has 2 aromatic heterocycles. The highest BCUT2D eigenvalue weighted by atomic mass is 35.5. The maximum absolute atomic E-state index is 12.5. The summed E-state index contributed by atoms with van der Waals surface area (Å²) in [6, 6.07) is 11.6. The first-order valence-electron chi connectivity index (χ1n) is 8.08. The molecule has 4 rings (SSSR count). The molecule has 0 bridgehead atoms. The van der Waals surface area contributed by atoms with Crippen molar-refractivity contribution >= 4 is 29.1 Å². The summed E-state index contributed by atoms with van der Waals surface area (Å²) in [5, 5.41) is 7.44. The first-order valence-corrected chi connectivity index (χ1v) is 8.46. The molecule has 3 amide bonds. The van der Waals surface area contributed by atoms with E-state index in [2.05, 4.69) is 10.4 Å². The second-order valence-corrected chi connectivity index (χ2v) is 6.61. The van der Waals surface area contributed by atoms with Crippen molar-refractivity contribution in [2.24, 2.45) is 5.73 Å². The van der Waals surface area contributed by atoms with E-state index in [-0.39, 0.29) is 18.6 Å². The van der Waals surface area contributed by atoms with Gasteiger partial charge >= 0.3 is 6.03 Å². The Balaban J connectivity index is 1.80. The van der Waals surface area contributed by atoms with Crippen LogP contribution in [0.25, 0.3) is 5.52 Å². The molecule has 2 atom stereocenters. The van der Waals surface area contributed by atoms with E-state index >= 15 is 0 Å². The zero-order chi connectivity index (χ0) is 18.3. The zero-order valence-electron chi connectivity index (χ0n) is 13.7. The Morgan fingerprint density at radius 3 is 2.69 bits per heavy atom. The summed E-state index contributed by atoms with van der Waals surface area (Å²) in [6.07, 6.45) is 3.55. The zero-order valence-corrected chi connectivity index (χ0v) is 14.4. The second kappa shape index (κ2) is 6.34. The predicted octanol–water partition coefficient (Wildman–Crippen LogP) is 1.96. The summed E-state index contributed by atoms with van der Waals surface area (Å²) in [4.78, 5) is 25.7. The van der Waals surface area contributed by atoms with Crippen molar-refractivity contribution < 1.29 is 9.59 Å². The van der Waals surface area contributed by atoms with E-state index < -0.39 is 11.9 Å². The largest absolute Gasteiger partial charge is 0.368 e. The normalized spacial score (nSPS) is 18.1. The summed E-state index contributed by atoms with van der Waals surface area (Å²) in [7, 11) is 0. The van der Waals surface area contributed by atoms with Crippen LogP contribution in [0.4, 0.5) is 4.79 Å². The molecule has 0 saturated carbocycles. The van der Waals surface area contributed by atoms with Crippen molar-refractivity contribution in [3.05, 3.63) is 71.0 Å². The van der Waals surface area contributed by atoms with Gasteiger partial charge in [0.1, 0.15) is 6.04 Å². The third-order valence-corrected chi connectivity index (χ3v) is 4.77. The van der Waals surface area contributed by atoms with E-state index in [4.69, 9.17) is 17.3 Å². The number of hydrogen-bond acceptors (Lipinski definition) is 3. The smallest absolute Gasteiger partial charge is 0.318 e. The van der Waals surface area contributed by atoms with Crippen LogP contribution in [0.2, 0.25) is 5.02 Å². The average Bonchev–Trinajstić information content (AvgIpc) is 3.23. The number of fused-ring (bicyclic) bond motifs is 1. The minimum absolute atomic E-state index is 0.200. The molecule has 26 heavy (non-hydrogen) atoms. The lowest BCUT2D eigenvalue weighted by atomic mass is 9.97. The van der Waals surface area contributed by atoms with E-state index in [9.17, 15) is 9.59 Å². The number of pyridine rings is 1. The molecule has 0 spiro atoms. The molecule has 1 aromatic carbocycles. The molecule has 8 heteroatoms. The maximum Gasteiger partial charge on any atom is 0.318 e. The molecule has 1 fully saturated rings. The van der Waals surface area contributed by atoms with Gasteiger partial charge in [0.25, 0.3) is 0 Å². The molecule has 3 N–H and O–H groups in total. The van der Waals surface area contributed by atoms with Gasteiger partial charge in [-0.25, -0.2) is 9.31 Å². The number of aromatic nitrogens is 2. The molecule has 1 aliphatic heterocycles. The van der Waals surface area contributed by atoms with Crippen LogP contribution in [0.15, 0.2) is 54.9 Å². The van der Waals surface area contributed by atoms with E-state index in [0.717, 1.165) is 16.6 Å². The van der Waals surface area contributed by atoms with Crippen LogP contribution in [0.3, 0.4) is 0 Å². The number of hydrogen-bond donors (Lipinski definition) is 2. The van der Waals surface area contributed by atoms with Crippen LogP contribution in [-0.2, 0) is 4.79 Å². The number of halogens is 1. The standard InChI is InChI=1S/C18H16ClN5O2/c19-13-3-1-11(2-4-13)16(23-10-15(17(20)25)22-18(23)26)12-6-8-24-14(9-12)5-7-21-24/h1-9,15-16H,10H2,(H2,20,25)(H,22,26)/t15?,16-/m0/s1. The van der Waals surface area contributed by atoms with Gasteiger partial charge in [0.15, 0.2) is 0 Å². The maximum atomic E-state index is 12.5. The Morgan fingerprint density at radius 2 is 2.00 bits per heavy atom. The van der Waals surface area contributed by atoms with Crippen LogP contribution in [0, 0.1) is 0 Å². The van der Waals surface area contributed by atoms with Gasteiger partial charge < -0.3 is 16.0 Å². The van der Waals surface area contributed by atoms with E-state index in [0.29, 0.717) is 5.02 Å². The lowest BCUT2D eigenvalue weighted by Gasteiger charge is -2.28. The Labute approximate surface area is 154 Å². The summed E-state index contributed by atoms with van der Waals surface area (Å²) in [6.45, 7) is 0.200. The molecule has 3 aromatic rings. The van der Waals surface area contributed by atoms with Crippen molar-refractivity contribution in [2.45, 2.75) is 12.1 Å². The number of carbonyl (C=O) groups excluding carboxylic acids is 2. The molecule has 0 radical (unpaired) electrons. The highest BCUT2D eigenvalue weighted by molar-refractivity contribution is 6.30. The summed E-state index contributed by atoms with van der Waals surface area (Å²) in [5.74, 6) is -0.554. The number of benzene rings is 1. The third kappa shape index (κ3) is 2.86. The Kier molecular flexibility index (Phi) is 4.00. The Hall–Kier alpha value is -3.06. The summed E-state index contributed by atoms with van der Waals surface area (Å²) >= 11 is 6.01. The number of nitrogens with zero attached hydrogens (tertiary/aromatic N) is 3. The Bertz CT molecular complexity index is 985. The minimum Gasteiger partial charge on any atom is -0.368 e. The fraction of sp³-hybridized carbons (Fsp3) is 0.167. The van der Waals surface area contributed by atoms with Crippen LogP contribution < -0.4 is 11.1 Å². The highest BCUT2D eigenvalue weighted by Gasteiger charge is 2.37. The van der Waals surface area contributed by atoms with Crippen molar-refractivity contribution in [1.82, 2.24) is 19.8 Å².